The number of hydrogen-bond acceptors (Lipinski definition) is 4. The lowest BCUT2D eigenvalue weighted by Gasteiger charge is -1.97. The van der Waals surface area contributed by atoms with Crippen LogP contribution in [0.2, 0.25) is 0 Å². The molecule has 0 aliphatic carbocycles. The van der Waals surface area contributed by atoms with Gasteiger partial charge in [0.1, 0.15) is 0 Å². The van der Waals surface area contributed by atoms with Crippen molar-refractivity contribution in [3.05, 3.63) is 25.3 Å². The second-order valence-corrected chi connectivity index (χ2v) is 2.66. The van der Waals surface area contributed by atoms with Gasteiger partial charge in [-0.15, -0.1) is 0 Å². The van der Waals surface area contributed by atoms with Crippen LogP contribution in [-0.2, 0) is 19.1 Å². The van der Waals surface area contributed by atoms with Crippen LogP contribution in [-0.4, -0.2) is 36.4 Å². The molecule has 1 aliphatic heterocycles. The molecule has 0 saturated carbocycles. The summed E-state index contributed by atoms with van der Waals surface area (Å²) >= 11 is 0. The smallest absolute Gasteiger partial charge is 0.330 e. The number of esters is 1. The van der Waals surface area contributed by atoms with Gasteiger partial charge in [0.2, 0.25) is 0 Å². The maximum absolute atomic E-state index is 10.4. The van der Waals surface area contributed by atoms with Gasteiger partial charge in [-0.05, 0) is 0 Å². The molecule has 84 valence electrons. The summed E-state index contributed by atoms with van der Waals surface area (Å²) in [7, 11) is 0. The van der Waals surface area contributed by atoms with Crippen LogP contribution in [0.5, 0.6) is 0 Å². The van der Waals surface area contributed by atoms with Crippen molar-refractivity contribution in [1.29, 1.82) is 0 Å². The highest BCUT2D eigenvalue weighted by molar-refractivity contribution is 5.81. The van der Waals surface area contributed by atoms with Crippen molar-refractivity contribution in [3.8, 4) is 0 Å². The molecule has 1 saturated heterocycles. The van der Waals surface area contributed by atoms with E-state index in [1.165, 1.54) is 0 Å². The van der Waals surface area contributed by atoms with Gasteiger partial charge in [-0.2, -0.15) is 0 Å². The second kappa shape index (κ2) is 7.75. The van der Waals surface area contributed by atoms with Crippen molar-refractivity contribution >= 4 is 11.9 Å². The lowest BCUT2D eigenvalue weighted by molar-refractivity contribution is -0.138. The number of hydrogen-bond donors (Lipinski definition) is 1. The number of carbonyl (C=O) groups is 2. The highest BCUT2D eigenvalue weighted by Crippen LogP contribution is 2.12. The molecule has 0 aromatic rings. The van der Waals surface area contributed by atoms with Crippen LogP contribution >= 0.6 is 0 Å². The van der Waals surface area contributed by atoms with Crippen LogP contribution < -0.4 is 0 Å². The first kappa shape index (κ1) is 13.4. The Morgan fingerprint density at radius 1 is 1.47 bits per heavy atom. The molecule has 5 heteroatoms. The summed E-state index contributed by atoms with van der Waals surface area (Å²) in [5.41, 5.74) is 0. The topological polar surface area (TPSA) is 76.1 Å². The Bertz CT molecular complexity index is 242. The summed E-state index contributed by atoms with van der Waals surface area (Å²) in [6.45, 7) is 7.48. The first-order valence-corrected chi connectivity index (χ1v) is 4.36. The summed E-state index contributed by atoms with van der Waals surface area (Å²) in [4.78, 5) is 19.7. The van der Waals surface area contributed by atoms with Crippen LogP contribution in [0.1, 0.15) is 6.42 Å². The van der Waals surface area contributed by atoms with Gasteiger partial charge in [-0.25, -0.2) is 9.59 Å². The molecule has 0 aromatic carbocycles. The van der Waals surface area contributed by atoms with Crippen molar-refractivity contribution in [1.82, 2.24) is 0 Å². The normalized spacial score (nSPS) is 16.7. The lowest BCUT2D eigenvalue weighted by Crippen LogP contribution is -2.03. The van der Waals surface area contributed by atoms with E-state index in [0.717, 1.165) is 25.2 Å². The van der Waals surface area contributed by atoms with E-state index in [-0.39, 0.29) is 5.97 Å². The molecule has 1 N–H and O–H groups in total. The molecule has 0 amide bonds. The highest BCUT2D eigenvalue weighted by atomic mass is 16.6. The van der Waals surface area contributed by atoms with E-state index in [2.05, 4.69) is 13.2 Å². The summed E-state index contributed by atoms with van der Waals surface area (Å²) in [6.07, 6.45) is 3.13. The number of carboxylic acid groups (broad SMARTS) is 1. The molecule has 1 atom stereocenters. The van der Waals surface area contributed by atoms with Gasteiger partial charge >= 0.3 is 11.9 Å². The molecule has 0 bridgehead atoms. The van der Waals surface area contributed by atoms with Crippen molar-refractivity contribution in [2.45, 2.75) is 12.5 Å². The number of carbonyl (C=O) groups excluding carboxylic acids is 1. The minimum atomic E-state index is -0.981. The first-order valence-electron chi connectivity index (χ1n) is 4.36. The molecule has 0 radical (unpaired) electrons. The number of aliphatic carboxylic acids is 1. The fraction of sp³-hybridized carbons (Fsp3) is 0.400. The zero-order valence-electron chi connectivity index (χ0n) is 8.35. The molecule has 15 heavy (non-hydrogen) atoms. The van der Waals surface area contributed by atoms with Gasteiger partial charge in [-0.3, -0.25) is 0 Å². The Kier molecular flexibility index (Phi) is 6.92. The van der Waals surface area contributed by atoms with E-state index < -0.39 is 5.97 Å². The molecule has 1 heterocycles. The average Bonchev–Trinajstić information content (AvgIpc) is 3.02. The molecule has 1 unspecified atom stereocenters. The standard InChI is InChI=1S/C7H10O3.C3H4O2/c1-2-7(8)9-4-3-6-5-10-6;1-2-3(4)5/h2,6H,1,3-5H2;2H,1H2,(H,4,5). The minimum absolute atomic E-state index is 0.331. The Hall–Kier alpha value is -1.62. The molecule has 0 spiro atoms. The van der Waals surface area contributed by atoms with E-state index in [0.29, 0.717) is 12.7 Å². The number of rotatable bonds is 5. The minimum Gasteiger partial charge on any atom is -0.478 e. The third-order valence-electron chi connectivity index (χ3n) is 1.43. The third kappa shape index (κ3) is 10.3. The van der Waals surface area contributed by atoms with E-state index in [1.807, 2.05) is 0 Å². The molecule has 1 aliphatic rings. The summed E-state index contributed by atoms with van der Waals surface area (Å²) in [5.74, 6) is -1.34. The maximum atomic E-state index is 10.4. The quantitative estimate of drug-likeness (QED) is 0.415. The first-order chi connectivity index (χ1) is 7.10. The van der Waals surface area contributed by atoms with Gasteiger partial charge in [-0.1, -0.05) is 13.2 Å². The molecular weight excluding hydrogens is 200 g/mol. The number of ether oxygens (including phenoxy) is 2. The van der Waals surface area contributed by atoms with E-state index in [4.69, 9.17) is 14.6 Å². The van der Waals surface area contributed by atoms with Gasteiger partial charge in [0.05, 0.1) is 19.3 Å². The van der Waals surface area contributed by atoms with Crippen molar-refractivity contribution < 1.29 is 24.2 Å². The Morgan fingerprint density at radius 3 is 2.33 bits per heavy atom. The third-order valence-corrected chi connectivity index (χ3v) is 1.43. The largest absolute Gasteiger partial charge is 0.478 e. The number of carboxylic acids is 1. The zero-order valence-corrected chi connectivity index (χ0v) is 8.35. The predicted molar refractivity (Wildman–Crippen MR) is 53.3 cm³/mol. The molecule has 1 rings (SSSR count). The summed E-state index contributed by atoms with van der Waals surface area (Å²) in [6, 6.07) is 0. The molecule has 1 fully saturated rings. The Labute approximate surface area is 88.0 Å². The summed E-state index contributed by atoms with van der Waals surface area (Å²) < 4.78 is 9.61. The van der Waals surface area contributed by atoms with Crippen LogP contribution in [0.3, 0.4) is 0 Å². The second-order valence-electron chi connectivity index (χ2n) is 2.66. The molecule has 0 aromatic heterocycles. The average molecular weight is 214 g/mol. The van der Waals surface area contributed by atoms with Gasteiger partial charge in [0.25, 0.3) is 0 Å². The van der Waals surface area contributed by atoms with Crippen LogP contribution in [0, 0.1) is 0 Å². The van der Waals surface area contributed by atoms with Gasteiger partial charge < -0.3 is 14.6 Å². The Morgan fingerprint density at radius 2 is 2.00 bits per heavy atom. The van der Waals surface area contributed by atoms with E-state index in [1.54, 1.807) is 0 Å². The zero-order chi connectivity index (χ0) is 11.7. The van der Waals surface area contributed by atoms with Crippen LogP contribution in [0.4, 0.5) is 0 Å². The van der Waals surface area contributed by atoms with Crippen molar-refractivity contribution in [2.75, 3.05) is 13.2 Å². The molecular formula is C10H14O5. The lowest BCUT2D eigenvalue weighted by atomic mass is 10.3. The monoisotopic (exact) mass is 214 g/mol. The fourth-order valence-electron chi connectivity index (χ4n) is 0.585. The number of epoxide rings is 1. The predicted octanol–water partition coefficient (Wildman–Crippen LogP) is 0.762. The van der Waals surface area contributed by atoms with E-state index in [9.17, 15) is 9.59 Å². The highest BCUT2D eigenvalue weighted by Gasteiger charge is 2.21. The van der Waals surface area contributed by atoms with E-state index >= 15 is 0 Å². The van der Waals surface area contributed by atoms with Crippen molar-refractivity contribution in [3.63, 3.8) is 0 Å². The molecule has 5 nitrogen and oxygen atoms in total. The van der Waals surface area contributed by atoms with Crippen LogP contribution in [0.25, 0.3) is 0 Å². The van der Waals surface area contributed by atoms with Crippen LogP contribution in [0.15, 0.2) is 25.3 Å². The van der Waals surface area contributed by atoms with Gasteiger partial charge in [0.15, 0.2) is 0 Å². The Balaban J connectivity index is 0.000000336. The van der Waals surface area contributed by atoms with Gasteiger partial charge in [0, 0.05) is 18.6 Å². The summed E-state index contributed by atoms with van der Waals surface area (Å²) in [5, 5.41) is 7.60. The SMILES string of the molecule is C=CC(=O)O.C=CC(=O)OCCC1CO1. The fourth-order valence-corrected chi connectivity index (χ4v) is 0.585. The van der Waals surface area contributed by atoms with Crippen molar-refractivity contribution in [2.24, 2.45) is 0 Å². The maximum Gasteiger partial charge on any atom is 0.330 e.